The lowest BCUT2D eigenvalue weighted by molar-refractivity contribution is 0.311. The van der Waals surface area contributed by atoms with Crippen LogP contribution in [0.5, 0.6) is 11.5 Å². The van der Waals surface area contributed by atoms with Gasteiger partial charge in [0.2, 0.25) is 0 Å². The topological polar surface area (TPSA) is 44.5 Å². The molecule has 0 aliphatic heterocycles. The Morgan fingerprint density at radius 3 is 2.71 bits per heavy atom. The van der Waals surface area contributed by atoms with Gasteiger partial charge in [0.1, 0.15) is 18.1 Å². The molecule has 2 N–H and O–H groups in total. The van der Waals surface area contributed by atoms with Gasteiger partial charge >= 0.3 is 0 Å². The second-order valence-electron chi connectivity index (χ2n) is 3.40. The van der Waals surface area contributed by atoms with Crippen LogP contribution in [0.25, 0.3) is 0 Å². The van der Waals surface area contributed by atoms with Gasteiger partial charge in [0.15, 0.2) is 0 Å². The van der Waals surface area contributed by atoms with Crippen LogP contribution in [0.15, 0.2) is 30.3 Å². The molecule has 0 saturated heterocycles. The highest BCUT2D eigenvalue weighted by Crippen LogP contribution is 2.28. The number of nitrogen functional groups attached to an aromatic ring is 1. The number of benzene rings is 1. The van der Waals surface area contributed by atoms with E-state index in [1.165, 1.54) is 11.3 Å². The minimum atomic E-state index is 0.466. The molecule has 17 heavy (non-hydrogen) atoms. The Morgan fingerprint density at radius 2 is 2.12 bits per heavy atom. The molecule has 0 spiro atoms. The maximum atomic E-state index is 5.84. The summed E-state index contributed by atoms with van der Waals surface area (Å²) < 4.78 is 11.4. The fourth-order valence-corrected chi connectivity index (χ4v) is 2.36. The molecule has 3 nitrogen and oxygen atoms in total. The summed E-state index contributed by atoms with van der Waals surface area (Å²) in [5.41, 5.74) is 6.40. The third-order valence-electron chi connectivity index (χ3n) is 2.22. The zero-order valence-electron chi connectivity index (χ0n) is 9.27. The predicted molar refractivity (Wildman–Crippen MR) is 71.1 cm³/mol. The lowest BCUT2D eigenvalue weighted by Gasteiger charge is -2.09. The van der Waals surface area contributed by atoms with Crippen LogP contribution in [0.4, 0.5) is 5.69 Å². The van der Waals surface area contributed by atoms with E-state index in [0.717, 1.165) is 9.21 Å². The molecule has 0 radical (unpaired) electrons. The van der Waals surface area contributed by atoms with Crippen LogP contribution in [0.3, 0.4) is 0 Å². The fourth-order valence-electron chi connectivity index (χ4n) is 1.36. The van der Waals surface area contributed by atoms with Crippen LogP contribution in [0.2, 0.25) is 4.34 Å². The molecule has 1 aromatic carbocycles. The Bertz CT molecular complexity index is 513. The van der Waals surface area contributed by atoms with Crippen molar-refractivity contribution in [2.75, 3.05) is 12.8 Å². The van der Waals surface area contributed by atoms with Crippen LogP contribution in [-0.4, -0.2) is 7.11 Å². The van der Waals surface area contributed by atoms with E-state index in [-0.39, 0.29) is 0 Å². The van der Waals surface area contributed by atoms with E-state index in [0.29, 0.717) is 23.8 Å². The first-order valence-electron chi connectivity index (χ1n) is 4.99. The Hall–Kier alpha value is -1.39. The standard InChI is InChI=1S/C12H12ClNO2S/c1-15-8-2-4-11(10(14)6-8)16-7-9-3-5-12(13)17-9/h2-6H,7,14H2,1H3. The number of anilines is 1. The number of halogens is 1. The summed E-state index contributed by atoms with van der Waals surface area (Å²) in [6, 6.07) is 9.13. The van der Waals surface area contributed by atoms with E-state index in [2.05, 4.69) is 0 Å². The molecular formula is C12H12ClNO2S. The van der Waals surface area contributed by atoms with Crippen molar-refractivity contribution in [2.45, 2.75) is 6.61 Å². The number of thiophene rings is 1. The van der Waals surface area contributed by atoms with E-state index in [1.807, 2.05) is 18.2 Å². The number of ether oxygens (including phenoxy) is 2. The molecule has 0 unspecified atom stereocenters. The quantitative estimate of drug-likeness (QED) is 0.863. The van der Waals surface area contributed by atoms with Gasteiger partial charge in [0.25, 0.3) is 0 Å². The fraction of sp³-hybridized carbons (Fsp3) is 0.167. The minimum Gasteiger partial charge on any atom is -0.497 e. The molecule has 5 heteroatoms. The van der Waals surface area contributed by atoms with Crippen LogP contribution < -0.4 is 15.2 Å². The zero-order valence-corrected chi connectivity index (χ0v) is 10.8. The molecule has 1 aromatic heterocycles. The summed E-state index contributed by atoms with van der Waals surface area (Å²) in [7, 11) is 1.60. The van der Waals surface area contributed by atoms with E-state index in [4.69, 9.17) is 26.8 Å². The predicted octanol–water partition coefficient (Wildman–Crippen LogP) is 3.57. The maximum Gasteiger partial charge on any atom is 0.143 e. The summed E-state index contributed by atoms with van der Waals surface area (Å²) >= 11 is 7.33. The Balaban J connectivity index is 2.04. The second kappa shape index (κ2) is 5.29. The Labute approximate surface area is 109 Å². The summed E-state index contributed by atoms with van der Waals surface area (Å²) in [6.07, 6.45) is 0. The van der Waals surface area contributed by atoms with Crippen molar-refractivity contribution in [2.24, 2.45) is 0 Å². The molecule has 0 fully saturated rings. The first-order chi connectivity index (χ1) is 8.19. The molecule has 0 atom stereocenters. The van der Waals surface area contributed by atoms with Crippen molar-refractivity contribution in [3.05, 3.63) is 39.5 Å². The van der Waals surface area contributed by atoms with Crippen molar-refractivity contribution in [1.82, 2.24) is 0 Å². The molecule has 0 aliphatic rings. The number of hydrogen-bond donors (Lipinski definition) is 1. The van der Waals surface area contributed by atoms with Gasteiger partial charge in [-0.25, -0.2) is 0 Å². The van der Waals surface area contributed by atoms with E-state index in [1.54, 1.807) is 19.2 Å². The molecule has 1 heterocycles. The lowest BCUT2D eigenvalue weighted by Crippen LogP contribution is -1.97. The minimum absolute atomic E-state index is 0.466. The van der Waals surface area contributed by atoms with Crippen molar-refractivity contribution >= 4 is 28.6 Å². The highest BCUT2D eigenvalue weighted by molar-refractivity contribution is 7.16. The monoisotopic (exact) mass is 269 g/mol. The third-order valence-corrected chi connectivity index (χ3v) is 3.42. The summed E-state index contributed by atoms with van der Waals surface area (Å²) in [6.45, 7) is 0.466. The molecule has 2 rings (SSSR count). The average molecular weight is 270 g/mol. The number of nitrogens with two attached hydrogens (primary N) is 1. The van der Waals surface area contributed by atoms with Gasteiger partial charge in [0, 0.05) is 10.9 Å². The molecule has 0 amide bonds. The molecule has 0 aliphatic carbocycles. The highest BCUT2D eigenvalue weighted by atomic mass is 35.5. The molecule has 2 aromatic rings. The first-order valence-corrected chi connectivity index (χ1v) is 6.19. The molecule has 0 saturated carbocycles. The van der Waals surface area contributed by atoms with Gasteiger partial charge in [-0.3, -0.25) is 0 Å². The third kappa shape index (κ3) is 3.05. The van der Waals surface area contributed by atoms with E-state index < -0.39 is 0 Å². The van der Waals surface area contributed by atoms with Crippen LogP contribution in [-0.2, 0) is 6.61 Å². The van der Waals surface area contributed by atoms with Gasteiger partial charge in [-0.2, -0.15) is 0 Å². The SMILES string of the molecule is COc1ccc(OCc2ccc(Cl)s2)c(N)c1. The Kier molecular flexibility index (Phi) is 3.76. The van der Waals surface area contributed by atoms with Gasteiger partial charge in [0.05, 0.1) is 17.1 Å². The number of hydrogen-bond acceptors (Lipinski definition) is 4. The number of methoxy groups -OCH3 is 1. The normalized spacial score (nSPS) is 10.2. The average Bonchev–Trinajstić information content (AvgIpc) is 2.73. The van der Waals surface area contributed by atoms with Crippen molar-refractivity contribution in [1.29, 1.82) is 0 Å². The van der Waals surface area contributed by atoms with Crippen LogP contribution >= 0.6 is 22.9 Å². The van der Waals surface area contributed by atoms with Crippen molar-refractivity contribution in [3.8, 4) is 11.5 Å². The molecular weight excluding hydrogens is 258 g/mol. The smallest absolute Gasteiger partial charge is 0.143 e. The van der Waals surface area contributed by atoms with Crippen LogP contribution in [0, 0.1) is 0 Å². The van der Waals surface area contributed by atoms with Crippen molar-refractivity contribution < 1.29 is 9.47 Å². The van der Waals surface area contributed by atoms with Gasteiger partial charge < -0.3 is 15.2 Å². The zero-order chi connectivity index (χ0) is 12.3. The summed E-state index contributed by atoms with van der Waals surface area (Å²) in [4.78, 5) is 1.06. The first kappa shape index (κ1) is 12.1. The van der Waals surface area contributed by atoms with Crippen LogP contribution in [0.1, 0.15) is 4.88 Å². The summed E-state index contributed by atoms with van der Waals surface area (Å²) in [5.74, 6) is 1.37. The van der Waals surface area contributed by atoms with E-state index in [9.17, 15) is 0 Å². The largest absolute Gasteiger partial charge is 0.497 e. The second-order valence-corrected chi connectivity index (χ2v) is 5.20. The van der Waals surface area contributed by atoms with E-state index >= 15 is 0 Å². The maximum absolute atomic E-state index is 5.84. The van der Waals surface area contributed by atoms with Gasteiger partial charge in [-0.05, 0) is 24.3 Å². The van der Waals surface area contributed by atoms with Gasteiger partial charge in [-0.15, -0.1) is 11.3 Å². The van der Waals surface area contributed by atoms with Crippen molar-refractivity contribution in [3.63, 3.8) is 0 Å². The van der Waals surface area contributed by atoms with Gasteiger partial charge in [-0.1, -0.05) is 11.6 Å². The number of rotatable bonds is 4. The summed E-state index contributed by atoms with van der Waals surface area (Å²) in [5, 5.41) is 0. The lowest BCUT2D eigenvalue weighted by atomic mass is 10.3. The molecule has 90 valence electrons. The molecule has 0 bridgehead atoms. The Morgan fingerprint density at radius 1 is 1.29 bits per heavy atom. The highest BCUT2D eigenvalue weighted by Gasteiger charge is 2.04.